The molecule has 6 nitrogen and oxygen atoms in total. The maximum atomic E-state index is 12.0. The molecule has 2 fully saturated rings. The summed E-state index contributed by atoms with van der Waals surface area (Å²) in [5.74, 6) is -0.0668. The Morgan fingerprint density at radius 1 is 1.65 bits per heavy atom. The van der Waals surface area contributed by atoms with Gasteiger partial charge in [-0.25, -0.2) is 0 Å². The van der Waals surface area contributed by atoms with E-state index in [1.807, 2.05) is 0 Å². The summed E-state index contributed by atoms with van der Waals surface area (Å²) in [7, 11) is 2.07. The molecule has 1 saturated carbocycles. The van der Waals surface area contributed by atoms with Crippen LogP contribution in [0.4, 0.5) is 0 Å². The average Bonchev–Trinajstić information content (AvgIpc) is 3.04. The van der Waals surface area contributed by atoms with Gasteiger partial charge < -0.3 is 21.2 Å². The number of nitrogens with zero attached hydrogens (tertiary/aromatic N) is 2. The molecule has 1 heterocycles. The van der Waals surface area contributed by atoms with Crippen molar-refractivity contribution < 1.29 is 10.0 Å². The molecule has 0 aromatic rings. The van der Waals surface area contributed by atoms with Crippen LogP contribution >= 0.6 is 0 Å². The molecule has 1 amide bonds. The number of nitrogens with one attached hydrogen (secondary N) is 1. The molecule has 2 aliphatic rings. The fourth-order valence-corrected chi connectivity index (χ4v) is 2.44. The van der Waals surface area contributed by atoms with Gasteiger partial charge in [0.1, 0.15) is 5.41 Å². The highest BCUT2D eigenvalue weighted by Crippen LogP contribution is 2.46. The van der Waals surface area contributed by atoms with Crippen LogP contribution in [-0.2, 0) is 4.79 Å². The van der Waals surface area contributed by atoms with Crippen LogP contribution in [0.25, 0.3) is 0 Å². The number of amides is 1. The third-order valence-electron chi connectivity index (χ3n) is 3.95. The molecule has 2 rings (SSSR count). The summed E-state index contributed by atoms with van der Waals surface area (Å²) in [6.45, 7) is 1.74. The molecule has 96 valence electrons. The fourth-order valence-electron chi connectivity index (χ4n) is 2.44. The van der Waals surface area contributed by atoms with Crippen molar-refractivity contribution >= 4 is 11.7 Å². The second-order valence-corrected chi connectivity index (χ2v) is 5.05. The molecular weight excluding hydrogens is 220 g/mol. The maximum Gasteiger partial charge on any atom is 0.234 e. The normalized spacial score (nSPS) is 28.1. The zero-order valence-corrected chi connectivity index (χ0v) is 10.1. The first-order chi connectivity index (χ1) is 8.10. The fraction of sp³-hybridized carbons (Fsp3) is 0.818. The number of amidine groups is 1. The molecule has 1 saturated heterocycles. The van der Waals surface area contributed by atoms with E-state index in [1.165, 1.54) is 6.42 Å². The van der Waals surface area contributed by atoms with Gasteiger partial charge in [0, 0.05) is 12.6 Å². The van der Waals surface area contributed by atoms with E-state index in [4.69, 9.17) is 10.9 Å². The summed E-state index contributed by atoms with van der Waals surface area (Å²) in [6, 6.07) is 0.419. The number of likely N-dealkylation sites (N-methyl/N-ethyl adjacent to an activating group) is 1. The Hall–Kier alpha value is -1.30. The number of rotatable bonds is 4. The number of hydrogen-bond donors (Lipinski definition) is 3. The van der Waals surface area contributed by atoms with E-state index in [0.717, 1.165) is 13.0 Å². The zero-order valence-electron chi connectivity index (χ0n) is 10.1. The Morgan fingerprint density at radius 2 is 2.35 bits per heavy atom. The van der Waals surface area contributed by atoms with Gasteiger partial charge in [0.25, 0.3) is 0 Å². The quantitative estimate of drug-likeness (QED) is 0.273. The van der Waals surface area contributed by atoms with Gasteiger partial charge in [-0.15, -0.1) is 0 Å². The Bertz CT molecular complexity index is 338. The van der Waals surface area contributed by atoms with Gasteiger partial charge in [-0.2, -0.15) is 0 Å². The van der Waals surface area contributed by atoms with E-state index in [9.17, 15) is 4.79 Å². The topological polar surface area (TPSA) is 91.0 Å². The Morgan fingerprint density at radius 3 is 2.82 bits per heavy atom. The van der Waals surface area contributed by atoms with Crippen LogP contribution in [0, 0.1) is 5.41 Å². The lowest BCUT2D eigenvalue weighted by atomic mass is 10.1. The van der Waals surface area contributed by atoms with Crippen molar-refractivity contribution in [2.75, 3.05) is 20.1 Å². The highest BCUT2D eigenvalue weighted by molar-refractivity contribution is 6.09. The van der Waals surface area contributed by atoms with Crippen molar-refractivity contribution in [3.05, 3.63) is 0 Å². The molecule has 1 aliphatic carbocycles. The third kappa shape index (κ3) is 2.22. The van der Waals surface area contributed by atoms with Crippen LogP contribution in [0.3, 0.4) is 0 Å². The second-order valence-electron chi connectivity index (χ2n) is 5.05. The molecule has 0 spiro atoms. The van der Waals surface area contributed by atoms with Crippen LogP contribution in [-0.4, -0.2) is 48.0 Å². The monoisotopic (exact) mass is 240 g/mol. The Kier molecular flexibility index (Phi) is 3.24. The zero-order chi connectivity index (χ0) is 12.5. The molecule has 4 N–H and O–H groups in total. The minimum absolute atomic E-state index is 0.0368. The Labute approximate surface area is 101 Å². The smallest absolute Gasteiger partial charge is 0.234 e. The van der Waals surface area contributed by atoms with Gasteiger partial charge in [0.05, 0.1) is 0 Å². The first kappa shape index (κ1) is 12.2. The van der Waals surface area contributed by atoms with Gasteiger partial charge in [-0.3, -0.25) is 4.79 Å². The van der Waals surface area contributed by atoms with E-state index in [1.54, 1.807) is 0 Å². The van der Waals surface area contributed by atoms with Gasteiger partial charge in [0.2, 0.25) is 5.91 Å². The van der Waals surface area contributed by atoms with Crippen molar-refractivity contribution in [3.63, 3.8) is 0 Å². The van der Waals surface area contributed by atoms with Gasteiger partial charge in [-0.1, -0.05) is 5.16 Å². The summed E-state index contributed by atoms with van der Waals surface area (Å²) in [6.07, 6.45) is 3.65. The van der Waals surface area contributed by atoms with Crippen molar-refractivity contribution in [1.82, 2.24) is 10.2 Å². The van der Waals surface area contributed by atoms with Gasteiger partial charge in [-0.05, 0) is 39.3 Å². The van der Waals surface area contributed by atoms with Crippen LogP contribution < -0.4 is 11.1 Å². The molecule has 17 heavy (non-hydrogen) atoms. The number of hydrogen-bond acceptors (Lipinski definition) is 4. The lowest BCUT2D eigenvalue weighted by Crippen LogP contribution is -2.45. The predicted molar refractivity (Wildman–Crippen MR) is 63.7 cm³/mol. The predicted octanol–water partition coefficient (Wildman–Crippen LogP) is -0.277. The van der Waals surface area contributed by atoms with Crippen LogP contribution in [0.2, 0.25) is 0 Å². The third-order valence-corrected chi connectivity index (χ3v) is 3.95. The lowest BCUT2D eigenvalue weighted by Gasteiger charge is -2.21. The van der Waals surface area contributed by atoms with Crippen molar-refractivity contribution in [2.24, 2.45) is 16.3 Å². The van der Waals surface area contributed by atoms with Crippen molar-refractivity contribution in [2.45, 2.75) is 31.7 Å². The summed E-state index contributed by atoms with van der Waals surface area (Å²) in [5.41, 5.74) is 4.82. The first-order valence-corrected chi connectivity index (χ1v) is 6.07. The van der Waals surface area contributed by atoms with E-state index in [-0.39, 0.29) is 11.7 Å². The molecule has 6 heteroatoms. The highest BCUT2D eigenvalue weighted by atomic mass is 16.4. The average molecular weight is 240 g/mol. The molecule has 1 unspecified atom stereocenters. The van der Waals surface area contributed by atoms with Crippen molar-refractivity contribution in [1.29, 1.82) is 0 Å². The molecular formula is C11H20N4O2. The summed E-state index contributed by atoms with van der Waals surface area (Å²) >= 11 is 0. The number of carbonyl (C=O) groups is 1. The number of likely N-dealkylation sites (tertiary alicyclic amines) is 1. The Balaban J connectivity index is 1.86. The maximum absolute atomic E-state index is 12.0. The van der Waals surface area contributed by atoms with Crippen molar-refractivity contribution in [3.8, 4) is 0 Å². The van der Waals surface area contributed by atoms with E-state index in [2.05, 4.69) is 22.4 Å². The number of oxime groups is 1. The summed E-state index contributed by atoms with van der Waals surface area (Å²) in [5, 5.41) is 14.5. The lowest BCUT2D eigenvalue weighted by molar-refractivity contribution is -0.124. The number of carbonyl (C=O) groups excluding carboxylic acids is 1. The van der Waals surface area contributed by atoms with Crippen LogP contribution in [0.1, 0.15) is 25.7 Å². The summed E-state index contributed by atoms with van der Waals surface area (Å²) in [4.78, 5) is 14.2. The minimum Gasteiger partial charge on any atom is -0.409 e. The van der Waals surface area contributed by atoms with E-state index in [0.29, 0.717) is 25.4 Å². The number of nitrogens with two attached hydrogens (primary N) is 1. The second kappa shape index (κ2) is 4.52. The SMILES string of the molecule is CN1CCCC1CNC(=O)C1(C(N)=NO)CC1. The molecule has 0 aromatic heterocycles. The van der Waals surface area contributed by atoms with Gasteiger partial charge in [0.15, 0.2) is 5.84 Å². The largest absolute Gasteiger partial charge is 0.409 e. The van der Waals surface area contributed by atoms with Crippen LogP contribution in [0.15, 0.2) is 5.16 Å². The van der Waals surface area contributed by atoms with E-state index >= 15 is 0 Å². The van der Waals surface area contributed by atoms with Gasteiger partial charge >= 0.3 is 0 Å². The molecule has 0 radical (unpaired) electrons. The highest BCUT2D eigenvalue weighted by Gasteiger charge is 2.54. The first-order valence-electron chi connectivity index (χ1n) is 6.07. The molecule has 1 aliphatic heterocycles. The van der Waals surface area contributed by atoms with Crippen LogP contribution in [0.5, 0.6) is 0 Å². The minimum atomic E-state index is -0.730. The summed E-state index contributed by atoms with van der Waals surface area (Å²) < 4.78 is 0. The molecule has 0 aromatic carbocycles. The molecule has 0 bridgehead atoms. The molecule has 1 atom stereocenters. The van der Waals surface area contributed by atoms with E-state index < -0.39 is 5.41 Å². The standard InChI is InChI=1S/C11H20N4O2/c1-15-6-2-3-8(15)7-13-10(16)11(4-5-11)9(12)14-17/h8,17H,2-7H2,1H3,(H2,12,14)(H,13,16).